The van der Waals surface area contributed by atoms with E-state index in [4.69, 9.17) is 4.98 Å². The van der Waals surface area contributed by atoms with Gasteiger partial charge in [0.05, 0.1) is 6.54 Å². The summed E-state index contributed by atoms with van der Waals surface area (Å²) < 4.78 is 2.16. The SMILES string of the molecule is CN1C=Cn2c(nc(-c3ccccc3)c2NC(C)(C)C)C1. The molecule has 4 nitrogen and oxygen atoms in total. The average Bonchev–Trinajstić information content (AvgIpc) is 2.76. The van der Waals surface area contributed by atoms with E-state index < -0.39 is 0 Å². The Hall–Kier alpha value is -2.23. The van der Waals surface area contributed by atoms with E-state index in [0.29, 0.717) is 0 Å². The smallest absolute Gasteiger partial charge is 0.139 e. The Morgan fingerprint density at radius 2 is 1.81 bits per heavy atom. The molecule has 1 N–H and O–H groups in total. The molecule has 1 aromatic carbocycles. The van der Waals surface area contributed by atoms with Crippen molar-refractivity contribution < 1.29 is 0 Å². The van der Waals surface area contributed by atoms with Crippen LogP contribution in [0, 0.1) is 0 Å². The van der Waals surface area contributed by atoms with Gasteiger partial charge in [-0.15, -0.1) is 0 Å². The van der Waals surface area contributed by atoms with Crippen LogP contribution in [-0.2, 0) is 6.54 Å². The van der Waals surface area contributed by atoms with Crippen LogP contribution in [-0.4, -0.2) is 27.0 Å². The molecule has 1 aliphatic rings. The molecule has 21 heavy (non-hydrogen) atoms. The van der Waals surface area contributed by atoms with Crippen LogP contribution < -0.4 is 5.32 Å². The van der Waals surface area contributed by atoms with Gasteiger partial charge in [-0.05, 0) is 20.8 Å². The third kappa shape index (κ3) is 2.79. The van der Waals surface area contributed by atoms with Gasteiger partial charge in [0.25, 0.3) is 0 Å². The maximum Gasteiger partial charge on any atom is 0.139 e. The maximum atomic E-state index is 4.86. The molecule has 1 aliphatic heterocycles. The first-order chi connectivity index (χ1) is 9.94. The summed E-state index contributed by atoms with van der Waals surface area (Å²) in [6, 6.07) is 10.3. The zero-order valence-electron chi connectivity index (χ0n) is 13.1. The summed E-state index contributed by atoms with van der Waals surface area (Å²) in [6.07, 6.45) is 4.16. The summed E-state index contributed by atoms with van der Waals surface area (Å²) in [5.74, 6) is 2.12. The van der Waals surface area contributed by atoms with Crippen LogP contribution in [0.4, 0.5) is 5.82 Å². The number of benzene rings is 1. The van der Waals surface area contributed by atoms with E-state index in [0.717, 1.165) is 29.4 Å². The van der Waals surface area contributed by atoms with E-state index >= 15 is 0 Å². The van der Waals surface area contributed by atoms with Crippen molar-refractivity contribution in [2.75, 3.05) is 12.4 Å². The highest BCUT2D eigenvalue weighted by atomic mass is 15.3. The molecule has 0 spiro atoms. The van der Waals surface area contributed by atoms with Crippen LogP contribution in [0.15, 0.2) is 36.5 Å². The van der Waals surface area contributed by atoms with Crippen molar-refractivity contribution in [1.82, 2.24) is 14.5 Å². The van der Waals surface area contributed by atoms with E-state index in [-0.39, 0.29) is 5.54 Å². The fourth-order valence-corrected chi connectivity index (χ4v) is 2.48. The number of nitrogens with one attached hydrogen (secondary N) is 1. The van der Waals surface area contributed by atoms with Gasteiger partial charge in [0, 0.05) is 30.5 Å². The minimum atomic E-state index is -0.0163. The Balaban J connectivity index is 2.14. The molecule has 1 aromatic heterocycles. The lowest BCUT2D eigenvalue weighted by atomic mass is 10.1. The molecule has 110 valence electrons. The minimum Gasteiger partial charge on any atom is -0.372 e. The number of nitrogens with zero attached hydrogens (tertiary/aromatic N) is 3. The number of hydrogen-bond donors (Lipinski definition) is 1. The second kappa shape index (κ2) is 4.95. The molecule has 0 atom stereocenters. The van der Waals surface area contributed by atoms with Crippen LogP contribution in [0.1, 0.15) is 26.6 Å². The van der Waals surface area contributed by atoms with Crippen LogP contribution in [0.25, 0.3) is 17.5 Å². The van der Waals surface area contributed by atoms with E-state index in [9.17, 15) is 0 Å². The summed E-state index contributed by atoms with van der Waals surface area (Å²) in [5, 5.41) is 3.60. The van der Waals surface area contributed by atoms with E-state index in [1.54, 1.807) is 0 Å². The van der Waals surface area contributed by atoms with Gasteiger partial charge in [0.15, 0.2) is 0 Å². The maximum absolute atomic E-state index is 4.86. The first kappa shape index (κ1) is 13.7. The number of aromatic nitrogens is 2. The van der Waals surface area contributed by atoms with Gasteiger partial charge < -0.3 is 10.2 Å². The number of rotatable bonds is 2. The highest BCUT2D eigenvalue weighted by Crippen LogP contribution is 2.32. The molecule has 0 aliphatic carbocycles. The summed E-state index contributed by atoms with van der Waals surface area (Å²) in [7, 11) is 2.06. The minimum absolute atomic E-state index is 0.0163. The van der Waals surface area contributed by atoms with Gasteiger partial charge in [0.2, 0.25) is 0 Å². The molecule has 4 heteroatoms. The highest BCUT2D eigenvalue weighted by Gasteiger charge is 2.23. The van der Waals surface area contributed by atoms with Crippen LogP contribution >= 0.6 is 0 Å². The van der Waals surface area contributed by atoms with E-state index in [1.165, 1.54) is 0 Å². The largest absolute Gasteiger partial charge is 0.372 e. The van der Waals surface area contributed by atoms with Crippen molar-refractivity contribution in [2.24, 2.45) is 0 Å². The summed E-state index contributed by atoms with van der Waals surface area (Å²) >= 11 is 0. The van der Waals surface area contributed by atoms with Gasteiger partial charge >= 0.3 is 0 Å². The predicted molar refractivity (Wildman–Crippen MR) is 87.8 cm³/mol. The van der Waals surface area contributed by atoms with Gasteiger partial charge in [-0.3, -0.25) is 4.57 Å². The molecule has 0 unspecified atom stereocenters. The number of imidazole rings is 1. The lowest BCUT2D eigenvalue weighted by Crippen LogP contribution is -2.28. The van der Waals surface area contributed by atoms with Gasteiger partial charge in [-0.2, -0.15) is 0 Å². The molecule has 2 aromatic rings. The first-order valence-corrected chi connectivity index (χ1v) is 7.27. The molecule has 0 saturated carbocycles. The van der Waals surface area contributed by atoms with Crippen molar-refractivity contribution in [1.29, 1.82) is 0 Å². The summed E-state index contributed by atoms with van der Waals surface area (Å²) in [6.45, 7) is 7.32. The van der Waals surface area contributed by atoms with Crippen molar-refractivity contribution in [3.8, 4) is 11.3 Å². The number of hydrogen-bond acceptors (Lipinski definition) is 3. The zero-order chi connectivity index (χ0) is 15.0. The van der Waals surface area contributed by atoms with Crippen LogP contribution in [0.3, 0.4) is 0 Å². The molecule has 0 fully saturated rings. The normalized spacial score (nSPS) is 14.2. The number of anilines is 1. The van der Waals surface area contributed by atoms with E-state index in [2.05, 4.69) is 79.3 Å². The average molecular weight is 282 g/mol. The molecule has 0 bridgehead atoms. The second-order valence-corrected chi connectivity index (χ2v) is 6.55. The van der Waals surface area contributed by atoms with Crippen molar-refractivity contribution in [3.63, 3.8) is 0 Å². The van der Waals surface area contributed by atoms with Gasteiger partial charge in [0.1, 0.15) is 17.3 Å². The Bertz CT molecular complexity index is 662. The molecule has 0 radical (unpaired) electrons. The van der Waals surface area contributed by atoms with Gasteiger partial charge in [-0.1, -0.05) is 30.3 Å². The van der Waals surface area contributed by atoms with Crippen LogP contribution in [0.2, 0.25) is 0 Å². The molecular formula is C17H22N4. The predicted octanol–water partition coefficient (Wildman–Crippen LogP) is 3.63. The summed E-state index contributed by atoms with van der Waals surface area (Å²) in [5.41, 5.74) is 2.14. The topological polar surface area (TPSA) is 33.1 Å². The Labute approximate surface area is 126 Å². The Morgan fingerprint density at radius 1 is 1.10 bits per heavy atom. The molecule has 3 rings (SSSR count). The second-order valence-electron chi connectivity index (χ2n) is 6.55. The fraction of sp³-hybridized carbons (Fsp3) is 0.353. The number of fused-ring (bicyclic) bond motifs is 1. The molecular weight excluding hydrogens is 260 g/mol. The molecule has 2 heterocycles. The van der Waals surface area contributed by atoms with Crippen molar-refractivity contribution >= 4 is 12.0 Å². The van der Waals surface area contributed by atoms with E-state index in [1.807, 2.05) is 6.07 Å². The monoisotopic (exact) mass is 282 g/mol. The third-order valence-electron chi connectivity index (χ3n) is 3.39. The molecule has 0 saturated heterocycles. The van der Waals surface area contributed by atoms with Gasteiger partial charge in [-0.25, -0.2) is 4.98 Å². The molecule has 0 amide bonds. The first-order valence-electron chi connectivity index (χ1n) is 7.27. The summed E-state index contributed by atoms with van der Waals surface area (Å²) in [4.78, 5) is 7.00. The Morgan fingerprint density at radius 3 is 2.48 bits per heavy atom. The zero-order valence-corrected chi connectivity index (χ0v) is 13.1. The van der Waals surface area contributed by atoms with Crippen LogP contribution in [0.5, 0.6) is 0 Å². The quantitative estimate of drug-likeness (QED) is 0.913. The third-order valence-corrected chi connectivity index (χ3v) is 3.39. The van der Waals surface area contributed by atoms with Crippen molar-refractivity contribution in [3.05, 3.63) is 42.4 Å². The highest BCUT2D eigenvalue weighted by molar-refractivity contribution is 5.75. The lowest BCUT2D eigenvalue weighted by molar-refractivity contribution is 0.424. The van der Waals surface area contributed by atoms with Crippen molar-refractivity contribution in [2.45, 2.75) is 32.9 Å². The lowest BCUT2D eigenvalue weighted by Gasteiger charge is -2.25. The fourth-order valence-electron chi connectivity index (χ4n) is 2.48. The standard InChI is InChI=1S/C17H22N4/c1-17(2,3)19-16-15(13-8-6-5-7-9-13)18-14-12-20(4)10-11-21(14)16/h5-11,19H,12H2,1-4H3. The Kier molecular flexibility index (Phi) is 3.24.